The minimum Gasteiger partial charge on any atom is -0.466 e. The summed E-state index contributed by atoms with van der Waals surface area (Å²) in [5.41, 5.74) is 2.14. The Balaban J connectivity index is 2.40. The first-order valence-corrected chi connectivity index (χ1v) is 10.6. The molecule has 0 aromatic heterocycles. The van der Waals surface area contributed by atoms with Crippen molar-refractivity contribution in [2.24, 2.45) is 0 Å². The van der Waals surface area contributed by atoms with Gasteiger partial charge in [0, 0.05) is 5.02 Å². The van der Waals surface area contributed by atoms with Crippen molar-refractivity contribution in [3.63, 3.8) is 0 Å². The summed E-state index contributed by atoms with van der Waals surface area (Å²) in [7, 11) is -4.00. The molecule has 0 radical (unpaired) electrons. The van der Waals surface area contributed by atoms with E-state index in [1.165, 1.54) is 12.1 Å². The van der Waals surface area contributed by atoms with Crippen molar-refractivity contribution >= 4 is 39.2 Å². The smallest absolute Gasteiger partial charge is 0.307 e. The van der Waals surface area contributed by atoms with Crippen LogP contribution in [-0.4, -0.2) is 21.0 Å². The van der Waals surface area contributed by atoms with Crippen LogP contribution in [0, 0.1) is 13.8 Å². The Hall–Kier alpha value is -1.60. The van der Waals surface area contributed by atoms with Gasteiger partial charge in [0.25, 0.3) is 0 Å². The summed E-state index contributed by atoms with van der Waals surface area (Å²) in [4.78, 5) is 11.9. The SMILES string of the molecule is CCOC(=O)CC(NS(=O)(=O)c1ccc(Cl)c(C)c1Cl)c1ccc(C)cc1. The second kappa shape index (κ2) is 9.06. The number of sulfonamides is 1. The van der Waals surface area contributed by atoms with E-state index in [1.807, 2.05) is 19.1 Å². The Bertz CT molecular complexity index is 927. The van der Waals surface area contributed by atoms with Crippen LogP contribution >= 0.6 is 23.2 Å². The zero-order valence-corrected chi connectivity index (χ0v) is 17.6. The molecule has 1 unspecified atom stereocenters. The molecule has 2 rings (SSSR count). The monoisotopic (exact) mass is 429 g/mol. The molecule has 146 valence electrons. The second-order valence-electron chi connectivity index (χ2n) is 6.08. The van der Waals surface area contributed by atoms with Gasteiger partial charge in [-0.1, -0.05) is 53.0 Å². The quantitative estimate of drug-likeness (QED) is 0.653. The number of esters is 1. The van der Waals surface area contributed by atoms with E-state index in [0.29, 0.717) is 16.1 Å². The highest BCUT2D eigenvalue weighted by Gasteiger charge is 2.27. The zero-order chi connectivity index (χ0) is 20.2. The first kappa shape index (κ1) is 21.7. The van der Waals surface area contributed by atoms with Crippen LogP contribution in [-0.2, 0) is 19.6 Å². The Morgan fingerprint density at radius 2 is 1.74 bits per heavy atom. The van der Waals surface area contributed by atoms with Crippen molar-refractivity contribution in [1.29, 1.82) is 0 Å². The predicted octanol–water partition coefficient (Wildman–Crippen LogP) is 4.58. The average molecular weight is 430 g/mol. The highest BCUT2D eigenvalue weighted by molar-refractivity contribution is 7.89. The Morgan fingerprint density at radius 1 is 1.11 bits per heavy atom. The standard InChI is InChI=1S/C19H21Cl2NO4S/c1-4-26-18(23)11-16(14-7-5-12(2)6-8-14)22-27(24,25)17-10-9-15(20)13(3)19(17)21/h5-10,16,22H,4,11H2,1-3H3. The van der Waals surface area contributed by atoms with Crippen LogP contribution < -0.4 is 4.72 Å². The number of carbonyl (C=O) groups excluding carboxylic acids is 1. The second-order valence-corrected chi connectivity index (χ2v) is 8.55. The maximum atomic E-state index is 12.9. The van der Waals surface area contributed by atoms with Crippen molar-refractivity contribution in [2.75, 3.05) is 6.61 Å². The Kier molecular flexibility index (Phi) is 7.28. The Labute approximate surface area is 169 Å². The maximum absolute atomic E-state index is 12.9. The molecule has 0 fully saturated rings. The van der Waals surface area contributed by atoms with Gasteiger partial charge in [-0.25, -0.2) is 13.1 Å². The molecule has 0 heterocycles. The number of hydrogen-bond donors (Lipinski definition) is 1. The summed E-state index contributed by atoms with van der Waals surface area (Å²) >= 11 is 12.2. The molecule has 0 saturated carbocycles. The van der Waals surface area contributed by atoms with Crippen molar-refractivity contribution in [1.82, 2.24) is 4.72 Å². The molecule has 0 saturated heterocycles. The van der Waals surface area contributed by atoms with E-state index < -0.39 is 22.0 Å². The highest BCUT2D eigenvalue weighted by atomic mass is 35.5. The van der Waals surface area contributed by atoms with Crippen LogP contribution in [0.4, 0.5) is 0 Å². The zero-order valence-electron chi connectivity index (χ0n) is 15.3. The molecule has 8 heteroatoms. The third-order valence-corrected chi connectivity index (χ3v) is 6.55. The fourth-order valence-electron chi connectivity index (χ4n) is 2.51. The molecular weight excluding hydrogens is 409 g/mol. The van der Waals surface area contributed by atoms with Crippen LogP contribution in [0.3, 0.4) is 0 Å². The largest absolute Gasteiger partial charge is 0.466 e. The number of halogens is 2. The van der Waals surface area contributed by atoms with Crippen molar-refractivity contribution < 1.29 is 17.9 Å². The number of rotatable bonds is 7. The molecule has 2 aromatic carbocycles. The predicted molar refractivity (Wildman–Crippen MR) is 107 cm³/mol. The molecule has 1 atom stereocenters. The summed E-state index contributed by atoms with van der Waals surface area (Å²) in [6, 6.07) is 9.27. The van der Waals surface area contributed by atoms with Gasteiger partial charge in [-0.15, -0.1) is 0 Å². The molecule has 0 amide bonds. The van der Waals surface area contributed by atoms with E-state index in [9.17, 15) is 13.2 Å². The number of ether oxygens (including phenoxy) is 1. The van der Waals surface area contributed by atoms with Gasteiger partial charge >= 0.3 is 5.97 Å². The molecular formula is C19H21Cl2NO4S. The molecule has 0 aliphatic heterocycles. The fourth-order valence-corrected chi connectivity index (χ4v) is 4.54. The molecule has 1 N–H and O–H groups in total. The van der Waals surface area contributed by atoms with Crippen LogP contribution in [0.5, 0.6) is 0 Å². The van der Waals surface area contributed by atoms with Crippen LogP contribution in [0.25, 0.3) is 0 Å². The minimum absolute atomic E-state index is 0.0498. The van der Waals surface area contributed by atoms with Crippen molar-refractivity contribution in [3.05, 3.63) is 63.1 Å². The lowest BCUT2D eigenvalue weighted by molar-refractivity contribution is -0.143. The van der Waals surface area contributed by atoms with Gasteiger partial charge in [-0.2, -0.15) is 0 Å². The normalized spacial score (nSPS) is 12.6. The van der Waals surface area contributed by atoms with Crippen LogP contribution in [0.2, 0.25) is 10.0 Å². The van der Waals surface area contributed by atoms with Crippen LogP contribution in [0.15, 0.2) is 41.3 Å². The molecule has 2 aromatic rings. The molecule has 0 bridgehead atoms. The molecule has 0 aliphatic carbocycles. The van der Waals surface area contributed by atoms with E-state index in [0.717, 1.165) is 5.56 Å². The number of aryl methyl sites for hydroxylation is 1. The summed E-state index contributed by atoms with van der Waals surface area (Å²) in [6.07, 6.45) is -0.139. The first-order valence-electron chi connectivity index (χ1n) is 8.34. The van der Waals surface area contributed by atoms with Gasteiger partial charge < -0.3 is 4.74 Å². The lowest BCUT2D eigenvalue weighted by atomic mass is 10.0. The minimum atomic E-state index is -4.00. The van der Waals surface area contributed by atoms with Gasteiger partial charge in [0.15, 0.2) is 0 Å². The van der Waals surface area contributed by atoms with Gasteiger partial charge in [0.2, 0.25) is 10.0 Å². The van der Waals surface area contributed by atoms with E-state index >= 15 is 0 Å². The molecule has 0 aliphatic rings. The lowest BCUT2D eigenvalue weighted by Crippen LogP contribution is -2.31. The van der Waals surface area contributed by atoms with Gasteiger partial charge in [-0.05, 0) is 44.0 Å². The van der Waals surface area contributed by atoms with Gasteiger partial charge in [0.1, 0.15) is 4.90 Å². The van der Waals surface area contributed by atoms with E-state index in [4.69, 9.17) is 27.9 Å². The Morgan fingerprint density at radius 3 is 2.33 bits per heavy atom. The van der Waals surface area contributed by atoms with Crippen molar-refractivity contribution in [3.8, 4) is 0 Å². The number of nitrogens with one attached hydrogen (secondary N) is 1. The summed E-state index contributed by atoms with van der Waals surface area (Å²) in [6.45, 7) is 5.47. The summed E-state index contributed by atoms with van der Waals surface area (Å²) in [5, 5.41) is 0.425. The topological polar surface area (TPSA) is 72.5 Å². The molecule has 5 nitrogen and oxygen atoms in total. The maximum Gasteiger partial charge on any atom is 0.307 e. The van der Waals surface area contributed by atoms with Gasteiger partial charge in [-0.3, -0.25) is 4.79 Å². The number of hydrogen-bond acceptors (Lipinski definition) is 4. The number of carbonyl (C=O) groups is 1. The van der Waals surface area contributed by atoms with Crippen molar-refractivity contribution in [2.45, 2.75) is 38.1 Å². The molecule has 27 heavy (non-hydrogen) atoms. The third kappa shape index (κ3) is 5.45. The third-order valence-electron chi connectivity index (χ3n) is 4.03. The first-order chi connectivity index (χ1) is 12.7. The molecule has 0 spiro atoms. The fraction of sp³-hybridized carbons (Fsp3) is 0.316. The summed E-state index contributed by atoms with van der Waals surface area (Å²) < 4.78 is 33.4. The number of benzene rings is 2. The van der Waals surface area contributed by atoms with Crippen LogP contribution in [0.1, 0.15) is 36.1 Å². The van der Waals surface area contributed by atoms with E-state index in [2.05, 4.69) is 4.72 Å². The highest BCUT2D eigenvalue weighted by Crippen LogP contribution is 2.31. The van der Waals surface area contributed by atoms with E-state index in [1.54, 1.807) is 26.0 Å². The lowest BCUT2D eigenvalue weighted by Gasteiger charge is -2.20. The van der Waals surface area contributed by atoms with E-state index in [-0.39, 0.29) is 22.9 Å². The average Bonchev–Trinajstić information content (AvgIpc) is 2.59. The summed E-state index contributed by atoms with van der Waals surface area (Å²) in [5.74, 6) is -0.496. The van der Waals surface area contributed by atoms with Gasteiger partial charge in [0.05, 0.1) is 24.1 Å².